The molecule has 3 aromatic carbocycles. The Balaban J connectivity index is 1.89. The normalized spacial score (nSPS) is 16.1. The molecule has 1 unspecified atom stereocenters. The lowest BCUT2D eigenvalue weighted by Gasteiger charge is -2.44. The molecule has 33 heavy (non-hydrogen) atoms. The van der Waals surface area contributed by atoms with Crippen LogP contribution in [0, 0.1) is 12.3 Å². The summed E-state index contributed by atoms with van der Waals surface area (Å²) in [6, 6.07) is 23.3. The van der Waals surface area contributed by atoms with Gasteiger partial charge in [-0.2, -0.15) is 0 Å². The zero-order chi connectivity index (χ0) is 23.5. The summed E-state index contributed by atoms with van der Waals surface area (Å²) in [7, 11) is 0. The molecule has 0 aliphatic heterocycles. The number of hydrogen-bond donors (Lipinski definition) is 1. The van der Waals surface area contributed by atoms with Gasteiger partial charge in [-0.25, -0.2) is 0 Å². The molecule has 4 rings (SSSR count). The number of rotatable bonds is 10. The van der Waals surface area contributed by atoms with E-state index in [1.807, 2.05) is 79.7 Å². The molecule has 1 saturated carbocycles. The second kappa shape index (κ2) is 9.98. The third-order valence-electron chi connectivity index (χ3n) is 6.40. The maximum absolute atomic E-state index is 12.7. The largest absolute Gasteiger partial charge is 0.396 e. The van der Waals surface area contributed by atoms with E-state index in [4.69, 9.17) is 16.3 Å². The van der Waals surface area contributed by atoms with Crippen molar-refractivity contribution in [3.63, 3.8) is 0 Å². The number of benzene rings is 3. The molecule has 0 radical (unpaired) electrons. The maximum atomic E-state index is 12.7. The van der Waals surface area contributed by atoms with Crippen molar-refractivity contribution in [2.24, 2.45) is 5.41 Å². The van der Waals surface area contributed by atoms with Gasteiger partial charge in [-0.15, -0.1) is 0 Å². The molecule has 1 aliphatic rings. The van der Waals surface area contributed by atoms with Crippen molar-refractivity contribution < 1.29 is 14.6 Å². The molecule has 4 nitrogen and oxygen atoms in total. The number of carbonyl (C=O) groups is 1. The van der Waals surface area contributed by atoms with Gasteiger partial charge < -0.3 is 14.7 Å². The molecular formula is C27H27BrClNO3. The molecule has 0 spiro atoms. The number of aliphatic hydroxyl groups excluding tert-OH is 1. The minimum atomic E-state index is -1.19. The SMILES string of the molecule is Cc1ccccc1C(OCC1(CO)CC1)(c1ccc(Cl)cc1)N(C=O)Cc1cccc(Br)c1. The highest BCUT2D eigenvalue weighted by Crippen LogP contribution is 2.48. The highest BCUT2D eigenvalue weighted by Gasteiger charge is 2.48. The fourth-order valence-electron chi connectivity index (χ4n) is 4.19. The second-order valence-corrected chi connectivity index (χ2v) is 10.1. The van der Waals surface area contributed by atoms with Crippen molar-refractivity contribution in [2.75, 3.05) is 13.2 Å². The van der Waals surface area contributed by atoms with Gasteiger partial charge in [0.15, 0.2) is 5.72 Å². The van der Waals surface area contributed by atoms with Crippen LogP contribution in [0.25, 0.3) is 0 Å². The molecule has 172 valence electrons. The van der Waals surface area contributed by atoms with Crippen LogP contribution < -0.4 is 0 Å². The molecule has 1 amide bonds. The van der Waals surface area contributed by atoms with Gasteiger partial charge in [0, 0.05) is 32.6 Å². The Bertz CT molecular complexity index is 1120. The number of hydrogen-bond acceptors (Lipinski definition) is 3. The summed E-state index contributed by atoms with van der Waals surface area (Å²) in [6.07, 6.45) is 2.65. The van der Waals surface area contributed by atoms with E-state index < -0.39 is 5.72 Å². The van der Waals surface area contributed by atoms with Crippen LogP contribution in [-0.4, -0.2) is 29.6 Å². The Morgan fingerprint density at radius 3 is 2.45 bits per heavy atom. The molecule has 6 heteroatoms. The molecule has 1 N–H and O–H groups in total. The van der Waals surface area contributed by atoms with Crippen molar-refractivity contribution in [1.29, 1.82) is 0 Å². The summed E-state index contributed by atoms with van der Waals surface area (Å²) in [4.78, 5) is 14.4. The summed E-state index contributed by atoms with van der Waals surface area (Å²) in [5.41, 5.74) is 2.20. The molecule has 1 fully saturated rings. The van der Waals surface area contributed by atoms with E-state index in [0.29, 0.717) is 18.2 Å². The lowest BCUT2D eigenvalue weighted by atomic mass is 9.88. The van der Waals surface area contributed by atoms with Gasteiger partial charge in [-0.3, -0.25) is 4.79 Å². The van der Waals surface area contributed by atoms with Crippen LogP contribution in [0.3, 0.4) is 0 Å². The minimum Gasteiger partial charge on any atom is -0.396 e. The highest BCUT2D eigenvalue weighted by atomic mass is 79.9. The van der Waals surface area contributed by atoms with Crippen LogP contribution in [0.5, 0.6) is 0 Å². The van der Waals surface area contributed by atoms with Gasteiger partial charge >= 0.3 is 0 Å². The predicted molar refractivity (Wildman–Crippen MR) is 134 cm³/mol. The summed E-state index contributed by atoms with van der Waals surface area (Å²) in [6.45, 7) is 2.75. The monoisotopic (exact) mass is 527 g/mol. The Hall–Kier alpha value is -2.18. The van der Waals surface area contributed by atoms with Gasteiger partial charge in [0.2, 0.25) is 6.41 Å². The number of aryl methyl sites for hydroxylation is 1. The zero-order valence-corrected chi connectivity index (χ0v) is 20.8. The standard InChI is InChI=1S/C27H27BrClNO3/c1-20-5-2-3-8-25(20)27(22-9-11-24(29)12-10-22,33-18-26(17-31)13-14-26)30(19-32)16-21-6-4-7-23(28)15-21/h2-12,15,19,31H,13-14,16-18H2,1H3. The molecule has 0 bridgehead atoms. The number of ether oxygens (including phenoxy) is 1. The van der Waals surface area contributed by atoms with Crippen LogP contribution in [-0.2, 0) is 21.8 Å². The van der Waals surface area contributed by atoms with Crippen LogP contribution in [0.15, 0.2) is 77.3 Å². The number of carbonyl (C=O) groups excluding carboxylic acids is 1. The molecule has 1 aliphatic carbocycles. The summed E-state index contributed by atoms with van der Waals surface area (Å²) >= 11 is 9.75. The molecule has 0 aromatic heterocycles. The Labute approximate surface area is 208 Å². The first kappa shape index (κ1) is 24.0. The van der Waals surface area contributed by atoms with Crippen LogP contribution in [0.4, 0.5) is 0 Å². The van der Waals surface area contributed by atoms with E-state index in [1.165, 1.54) is 0 Å². The predicted octanol–water partition coefficient (Wildman–Crippen LogP) is 6.06. The van der Waals surface area contributed by atoms with E-state index in [-0.39, 0.29) is 12.0 Å². The summed E-state index contributed by atoms with van der Waals surface area (Å²) < 4.78 is 7.72. The van der Waals surface area contributed by atoms with Crippen LogP contribution in [0.2, 0.25) is 5.02 Å². The van der Waals surface area contributed by atoms with Gasteiger partial charge in [0.1, 0.15) is 0 Å². The quantitative estimate of drug-likeness (QED) is 0.257. The molecular weight excluding hydrogens is 502 g/mol. The third kappa shape index (κ3) is 5.02. The second-order valence-electron chi connectivity index (χ2n) is 8.78. The van der Waals surface area contributed by atoms with Gasteiger partial charge in [-0.05, 0) is 55.2 Å². The zero-order valence-electron chi connectivity index (χ0n) is 18.5. The molecule has 0 saturated heterocycles. The van der Waals surface area contributed by atoms with Crippen molar-refractivity contribution in [3.8, 4) is 0 Å². The fraction of sp³-hybridized carbons (Fsp3) is 0.296. The van der Waals surface area contributed by atoms with Crippen LogP contribution in [0.1, 0.15) is 35.1 Å². The summed E-state index contributed by atoms with van der Waals surface area (Å²) in [5.74, 6) is 0. The van der Waals surface area contributed by atoms with E-state index in [0.717, 1.165) is 46.0 Å². The summed E-state index contributed by atoms with van der Waals surface area (Å²) in [5, 5.41) is 10.6. The number of nitrogens with zero attached hydrogens (tertiary/aromatic N) is 1. The third-order valence-corrected chi connectivity index (χ3v) is 7.14. The van der Waals surface area contributed by atoms with Crippen molar-refractivity contribution in [2.45, 2.75) is 32.0 Å². The molecule has 0 heterocycles. The van der Waals surface area contributed by atoms with E-state index >= 15 is 0 Å². The number of amides is 1. The van der Waals surface area contributed by atoms with Crippen molar-refractivity contribution in [1.82, 2.24) is 4.90 Å². The Morgan fingerprint density at radius 1 is 1.12 bits per heavy atom. The van der Waals surface area contributed by atoms with E-state index in [1.54, 1.807) is 4.90 Å². The van der Waals surface area contributed by atoms with E-state index in [9.17, 15) is 9.90 Å². The molecule has 1 atom stereocenters. The molecule has 3 aromatic rings. The fourth-order valence-corrected chi connectivity index (χ4v) is 4.76. The Kier molecular flexibility index (Phi) is 7.25. The lowest BCUT2D eigenvalue weighted by Crippen LogP contribution is -2.49. The van der Waals surface area contributed by atoms with Gasteiger partial charge in [-0.1, -0.05) is 76.1 Å². The maximum Gasteiger partial charge on any atom is 0.212 e. The topological polar surface area (TPSA) is 49.8 Å². The number of aliphatic hydroxyl groups is 1. The smallest absolute Gasteiger partial charge is 0.212 e. The first-order valence-corrected chi connectivity index (χ1v) is 12.1. The first-order valence-electron chi connectivity index (χ1n) is 11.0. The highest BCUT2D eigenvalue weighted by molar-refractivity contribution is 9.10. The Morgan fingerprint density at radius 2 is 1.85 bits per heavy atom. The average molecular weight is 529 g/mol. The minimum absolute atomic E-state index is 0.0597. The van der Waals surface area contributed by atoms with Crippen molar-refractivity contribution in [3.05, 3.63) is 105 Å². The van der Waals surface area contributed by atoms with Crippen LogP contribution >= 0.6 is 27.5 Å². The lowest BCUT2D eigenvalue weighted by molar-refractivity contribution is -0.165. The van der Waals surface area contributed by atoms with Gasteiger partial charge in [0.05, 0.1) is 13.2 Å². The van der Waals surface area contributed by atoms with Crippen molar-refractivity contribution >= 4 is 33.9 Å². The first-order chi connectivity index (χ1) is 15.9. The number of halogens is 2. The van der Waals surface area contributed by atoms with Gasteiger partial charge in [0.25, 0.3) is 0 Å². The average Bonchev–Trinajstić information content (AvgIpc) is 3.61. The van der Waals surface area contributed by atoms with E-state index in [2.05, 4.69) is 15.9 Å².